The van der Waals surface area contributed by atoms with Crippen molar-refractivity contribution in [2.75, 3.05) is 16.8 Å². The van der Waals surface area contributed by atoms with Gasteiger partial charge < -0.3 is 10.1 Å². The minimum Gasteiger partial charge on any atom is -0.452 e. The van der Waals surface area contributed by atoms with Crippen LogP contribution in [0.3, 0.4) is 0 Å². The molecule has 3 aliphatic rings. The molecule has 3 fully saturated rings. The molecule has 34 heavy (non-hydrogen) atoms. The molecule has 2 aliphatic carbocycles. The summed E-state index contributed by atoms with van der Waals surface area (Å²) in [5, 5.41) is 2.76. The van der Waals surface area contributed by atoms with E-state index < -0.39 is 18.5 Å². The average molecular weight is 525 g/mol. The van der Waals surface area contributed by atoms with Crippen molar-refractivity contribution >= 4 is 51.0 Å². The summed E-state index contributed by atoms with van der Waals surface area (Å²) in [7, 11) is 0. The van der Waals surface area contributed by atoms with Crippen LogP contribution in [-0.4, -0.2) is 30.3 Å². The maximum Gasteiger partial charge on any atom is 0.338 e. The first kappa shape index (κ1) is 22.8. The Hall–Kier alpha value is -3.00. The summed E-state index contributed by atoms with van der Waals surface area (Å²) in [6.07, 6.45) is 3.78. The van der Waals surface area contributed by atoms with E-state index in [1.54, 1.807) is 18.2 Å². The van der Waals surface area contributed by atoms with E-state index in [1.165, 1.54) is 17.0 Å². The highest BCUT2D eigenvalue weighted by Crippen LogP contribution is 2.56. The van der Waals surface area contributed by atoms with Crippen LogP contribution in [0.1, 0.15) is 42.1 Å². The predicted octanol–water partition coefficient (Wildman–Crippen LogP) is 4.34. The number of nitrogens with zero attached hydrogens (tertiary/aromatic N) is 1. The van der Waals surface area contributed by atoms with E-state index in [0.717, 1.165) is 35.7 Å². The third kappa shape index (κ3) is 3.94. The number of rotatable bonds is 6. The number of aryl methyl sites for hydroxylation is 1. The molecule has 2 saturated carbocycles. The summed E-state index contributed by atoms with van der Waals surface area (Å²) in [6.45, 7) is 1.57. The largest absolute Gasteiger partial charge is 0.452 e. The van der Waals surface area contributed by atoms with Gasteiger partial charge in [0.1, 0.15) is 0 Å². The first-order valence-corrected chi connectivity index (χ1v) is 12.4. The number of fused-ring (bicyclic) bond motifs is 5. The Bertz CT molecular complexity index is 1150. The second kappa shape index (κ2) is 8.98. The van der Waals surface area contributed by atoms with Gasteiger partial charge in [-0.15, -0.1) is 0 Å². The first-order chi connectivity index (χ1) is 16.4. The lowest BCUT2D eigenvalue weighted by atomic mass is 9.81. The summed E-state index contributed by atoms with van der Waals surface area (Å²) in [4.78, 5) is 51.9. The predicted molar refractivity (Wildman–Crippen MR) is 129 cm³/mol. The molecule has 4 atom stereocenters. The van der Waals surface area contributed by atoms with Gasteiger partial charge >= 0.3 is 5.97 Å². The number of carbonyl (C=O) groups is 4. The molecule has 5 rings (SSSR count). The van der Waals surface area contributed by atoms with Crippen molar-refractivity contribution in [3.05, 3.63) is 58.1 Å². The van der Waals surface area contributed by atoms with Crippen LogP contribution in [0, 0.1) is 23.7 Å². The normalized spacial score (nSPS) is 24.9. The van der Waals surface area contributed by atoms with E-state index in [0.29, 0.717) is 23.2 Å². The number of carbonyl (C=O) groups excluding carboxylic acids is 4. The lowest BCUT2D eigenvalue weighted by Gasteiger charge is -2.19. The Morgan fingerprint density at radius 2 is 1.68 bits per heavy atom. The summed E-state index contributed by atoms with van der Waals surface area (Å²) >= 11 is 3.41. The van der Waals surface area contributed by atoms with Crippen molar-refractivity contribution in [3.8, 4) is 0 Å². The fourth-order valence-corrected chi connectivity index (χ4v) is 6.20. The summed E-state index contributed by atoms with van der Waals surface area (Å²) in [5.74, 6) is -1.05. The molecule has 176 valence electrons. The number of ether oxygens (including phenoxy) is 1. The topological polar surface area (TPSA) is 92.8 Å². The van der Waals surface area contributed by atoms with Gasteiger partial charge in [0.15, 0.2) is 6.61 Å². The van der Waals surface area contributed by atoms with Crippen molar-refractivity contribution in [3.63, 3.8) is 0 Å². The standard InChI is InChI=1S/C26H25BrN2O5/c1-2-14-12-18(27)7-10-20(14)28-21(30)13-34-26(33)15-5-8-19(9-6-15)29-24(31)22-16-3-4-17(11-16)23(22)25(29)32/h5-10,12,16-17,22-23H,2-4,11,13H2,1H3,(H,28,30)/t16-,17-,22+,23+/m0/s1. The van der Waals surface area contributed by atoms with Crippen molar-refractivity contribution in [1.29, 1.82) is 0 Å². The average Bonchev–Trinajstić information content (AvgIpc) is 3.52. The van der Waals surface area contributed by atoms with E-state index >= 15 is 0 Å². The molecule has 1 heterocycles. The number of imide groups is 1. The lowest BCUT2D eigenvalue weighted by Crippen LogP contribution is -2.32. The van der Waals surface area contributed by atoms with Gasteiger partial charge in [-0.1, -0.05) is 22.9 Å². The highest BCUT2D eigenvalue weighted by Gasteiger charge is 2.61. The van der Waals surface area contributed by atoms with E-state index in [-0.39, 0.29) is 29.2 Å². The molecule has 0 aromatic heterocycles. The number of hydrogen-bond acceptors (Lipinski definition) is 5. The number of esters is 1. The molecule has 8 heteroatoms. The molecule has 7 nitrogen and oxygen atoms in total. The fraction of sp³-hybridized carbons (Fsp3) is 0.385. The molecule has 2 aromatic rings. The number of nitrogens with one attached hydrogen (secondary N) is 1. The quantitative estimate of drug-likeness (QED) is 0.448. The lowest BCUT2D eigenvalue weighted by molar-refractivity contribution is -0.123. The Morgan fingerprint density at radius 1 is 1.03 bits per heavy atom. The second-order valence-corrected chi connectivity index (χ2v) is 10.1. The van der Waals surface area contributed by atoms with Crippen LogP contribution in [0.25, 0.3) is 0 Å². The monoisotopic (exact) mass is 524 g/mol. The Labute approximate surface area is 206 Å². The molecular weight excluding hydrogens is 500 g/mol. The molecule has 1 aliphatic heterocycles. The number of hydrogen-bond donors (Lipinski definition) is 1. The molecule has 0 spiro atoms. The molecule has 1 saturated heterocycles. The molecular formula is C26H25BrN2O5. The van der Waals surface area contributed by atoms with Crippen LogP contribution < -0.4 is 10.2 Å². The van der Waals surface area contributed by atoms with E-state index in [1.807, 2.05) is 19.1 Å². The molecule has 1 N–H and O–H groups in total. The van der Waals surface area contributed by atoms with E-state index in [2.05, 4.69) is 21.2 Å². The maximum absolute atomic E-state index is 13.0. The van der Waals surface area contributed by atoms with Gasteiger partial charge in [0, 0.05) is 10.2 Å². The molecule has 3 amide bonds. The zero-order chi connectivity index (χ0) is 24.0. The highest BCUT2D eigenvalue weighted by molar-refractivity contribution is 9.10. The summed E-state index contributed by atoms with van der Waals surface area (Å²) in [6, 6.07) is 11.8. The smallest absolute Gasteiger partial charge is 0.338 e. The zero-order valence-electron chi connectivity index (χ0n) is 18.8. The van der Waals surface area contributed by atoms with E-state index in [9.17, 15) is 19.2 Å². The van der Waals surface area contributed by atoms with E-state index in [4.69, 9.17) is 4.74 Å². The van der Waals surface area contributed by atoms with Crippen LogP contribution in [0.15, 0.2) is 46.9 Å². The van der Waals surface area contributed by atoms with Crippen molar-refractivity contribution in [2.24, 2.45) is 23.7 Å². The van der Waals surface area contributed by atoms with Gasteiger partial charge in [0.05, 0.1) is 23.1 Å². The highest BCUT2D eigenvalue weighted by atomic mass is 79.9. The Balaban J connectivity index is 1.20. The Morgan fingerprint density at radius 3 is 2.29 bits per heavy atom. The third-order valence-electron chi connectivity index (χ3n) is 7.35. The van der Waals surface area contributed by atoms with Gasteiger partial charge in [-0.2, -0.15) is 0 Å². The molecule has 2 bridgehead atoms. The first-order valence-electron chi connectivity index (χ1n) is 11.6. The number of anilines is 2. The van der Waals surface area contributed by atoms with Gasteiger partial charge in [0.25, 0.3) is 5.91 Å². The molecule has 2 aromatic carbocycles. The van der Waals surface area contributed by atoms with Gasteiger partial charge in [-0.05, 0) is 85.5 Å². The summed E-state index contributed by atoms with van der Waals surface area (Å²) < 4.78 is 6.08. The van der Waals surface area contributed by atoms with Crippen molar-refractivity contribution < 1.29 is 23.9 Å². The number of amides is 3. The number of halogens is 1. The maximum atomic E-state index is 13.0. The fourth-order valence-electron chi connectivity index (χ4n) is 5.79. The van der Waals surface area contributed by atoms with Crippen LogP contribution in [0.2, 0.25) is 0 Å². The van der Waals surface area contributed by atoms with Crippen molar-refractivity contribution in [1.82, 2.24) is 0 Å². The van der Waals surface area contributed by atoms with Crippen molar-refractivity contribution in [2.45, 2.75) is 32.6 Å². The van der Waals surface area contributed by atoms with Gasteiger partial charge in [-0.25, -0.2) is 4.79 Å². The zero-order valence-corrected chi connectivity index (χ0v) is 20.3. The van der Waals surface area contributed by atoms with Crippen LogP contribution in [-0.2, 0) is 25.5 Å². The number of benzene rings is 2. The van der Waals surface area contributed by atoms with Crippen LogP contribution in [0.4, 0.5) is 11.4 Å². The summed E-state index contributed by atoms with van der Waals surface area (Å²) in [5.41, 5.74) is 2.36. The second-order valence-electron chi connectivity index (χ2n) is 9.22. The Kier molecular flexibility index (Phi) is 6.02. The third-order valence-corrected chi connectivity index (χ3v) is 7.84. The molecule has 0 radical (unpaired) electrons. The van der Waals surface area contributed by atoms with Gasteiger partial charge in [0.2, 0.25) is 11.8 Å². The van der Waals surface area contributed by atoms with Crippen LogP contribution >= 0.6 is 15.9 Å². The molecule has 0 unspecified atom stereocenters. The van der Waals surface area contributed by atoms with Gasteiger partial charge in [-0.3, -0.25) is 19.3 Å². The van der Waals surface area contributed by atoms with Crippen LogP contribution in [0.5, 0.6) is 0 Å². The minimum atomic E-state index is -0.651. The minimum absolute atomic E-state index is 0.117. The SMILES string of the molecule is CCc1cc(Br)ccc1NC(=O)COC(=O)c1ccc(N2C(=O)[C@@H]3[C@H]4CC[C@@H](C4)[C@H]3C2=O)cc1.